The zero-order valence-electron chi connectivity index (χ0n) is 19.8. The number of carbonyl (C=O) groups is 2. The maximum Gasteiger partial charge on any atom is 0.242 e. The van der Waals surface area contributed by atoms with Crippen molar-refractivity contribution in [2.24, 2.45) is 5.92 Å². The van der Waals surface area contributed by atoms with Gasteiger partial charge in [0.2, 0.25) is 11.8 Å². The first-order valence-corrected chi connectivity index (χ1v) is 12.9. The molecule has 6 heteroatoms. The molecule has 1 aromatic carbocycles. The third-order valence-electron chi connectivity index (χ3n) is 5.16. The number of aryl methyl sites for hydroxylation is 1. The molecule has 176 valence electrons. The molecule has 0 spiro atoms. The van der Waals surface area contributed by atoms with E-state index in [1.807, 2.05) is 0 Å². The van der Waals surface area contributed by atoms with Gasteiger partial charge in [0.25, 0.3) is 0 Å². The molecular weight excluding hydrogens is 501 g/mol. The highest BCUT2D eigenvalue weighted by molar-refractivity contribution is 14.1. The van der Waals surface area contributed by atoms with Crippen LogP contribution in [0.5, 0.6) is 0 Å². The molecule has 0 radical (unpaired) electrons. The van der Waals surface area contributed by atoms with Crippen molar-refractivity contribution in [1.29, 1.82) is 0 Å². The Bertz CT molecular complexity index is 632. The van der Waals surface area contributed by atoms with Gasteiger partial charge < -0.3 is 16.0 Å². The number of benzene rings is 1. The third kappa shape index (κ3) is 14.5. The Balaban J connectivity index is 2.43. The molecule has 0 fully saturated rings. The van der Waals surface area contributed by atoms with Gasteiger partial charge in [0.1, 0.15) is 6.04 Å². The number of unbranched alkanes of at least 4 members (excludes halogenated alkanes) is 1. The van der Waals surface area contributed by atoms with Crippen LogP contribution in [0.2, 0.25) is 0 Å². The SMILES string of the molecule is CC(C)CCCCNC(=O)[C@@H](CCCNC(C)C)NC(=O)CCCc1ccc(I)cc1. The minimum absolute atomic E-state index is 0.0395. The Morgan fingerprint density at radius 1 is 0.903 bits per heavy atom. The first-order valence-electron chi connectivity index (χ1n) is 11.8. The molecule has 5 nitrogen and oxygen atoms in total. The number of hydrogen-bond donors (Lipinski definition) is 3. The van der Waals surface area contributed by atoms with E-state index in [-0.39, 0.29) is 11.8 Å². The standard InChI is InChI=1S/C25H42IN3O2/c1-19(2)9-5-6-17-28-25(31)23(11-8-18-27-20(3)4)29-24(30)12-7-10-21-13-15-22(26)16-14-21/h13-16,19-20,23,27H,5-12,17-18H2,1-4H3,(H,28,31)(H,29,30)/t23-/m1/s1. The second-order valence-corrected chi connectivity index (χ2v) is 10.3. The Morgan fingerprint density at radius 3 is 2.26 bits per heavy atom. The number of hydrogen-bond acceptors (Lipinski definition) is 3. The van der Waals surface area contributed by atoms with Crippen LogP contribution >= 0.6 is 22.6 Å². The Labute approximate surface area is 203 Å². The van der Waals surface area contributed by atoms with Crippen molar-refractivity contribution < 1.29 is 9.59 Å². The summed E-state index contributed by atoms with van der Waals surface area (Å²) in [6.45, 7) is 10.2. The highest BCUT2D eigenvalue weighted by Crippen LogP contribution is 2.10. The van der Waals surface area contributed by atoms with Crippen LogP contribution in [-0.4, -0.2) is 37.0 Å². The number of nitrogens with one attached hydrogen (secondary N) is 3. The molecule has 1 rings (SSSR count). The van der Waals surface area contributed by atoms with Gasteiger partial charge in [0.05, 0.1) is 0 Å². The van der Waals surface area contributed by atoms with E-state index in [1.165, 1.54) is 15.6 Å². The second-order valence-electron chi connectivity index (χ2n) is 9.03. The Hall–Kier alpha value is -1.15. The van der Waals surface area contributed by atoms with Crippen LogP contribution in [0.15, 0.2) is 24.3 Å². The summed E-state index contributed by atoms with van der Waals surface area (Å²) in [5.41, 5.74) is 1.24. The molecule has 31 heavy (non-hydrogen) atoms. The summed E-state index contributed by atoms with van der Waals surface area (Å²) in [7, 11) is 0. The number of rotatable bonds is 16. The average molecular weight is 544 g/mol. The summed E-state index contributed by atoms with van der Waals surface area (Å²) in [5.74, 6) is 0.595. The van der Waals surface area contributed by atoms with E-state index >= 15 is 0 Å². The molecule has 1 aromatic rings. The molecule has 0 aliphatic rings. The lowest BCUT2D eigenvalue weighted by atomic mass is 10.1. The predicted octanol–water partition coefficient (Wildman–Crippen LogP) is 4.82. The van der Waals surface area contributed by atoms with E-state index in [0.717, 1.165) is 38.6 Å². The quantitative estimate of drug-likeness (QED) is 0.207. The van der Waals surface area contributed by atoms with Crippen molar-refractivity contribution in [1.82, 2.24) is 16.0 Å². The molecule has 0 saturated heterocycles. The van der Waals surface area contributed by atoms with Crippen LogP contribution in [0.1, 0.15) is 78.2 Å². The second kappa shape index (κ2) is 16.5. The van der Waals surface area contributed by atoms with Crippen LogP contribution in [0.25, 0.3) is 0 Å². The van der Waals surface area contributed by atoms with E-state index < -0.39 is 6.04 Å². The Kier molecular flexibility index (Phi) is 14.8. The van der Waals surface area contributed by atoms with Gasteiger partial charge in [-0.1, -0.05) is 52.7 Å². The van der Waals surface area contributed by atoms with Crippen molar-refractivity contribution in [2.45, 2.75) is 91.1 Å². The molecule has 3 N–H and O–H groups in total. The number of carbonyl (C=O) groups excluding carboxylic acids is 2. The normalized spacial score (nSPS) is 12.2. The fourth-order valence-electron chi connectivity index (χ4n) is 3.35. The molecule has 0 aliphatic heterocycles. The van der Waals surface area contributed by atoms with Crippen molar-refractivity contribution in [3.05, 3.63) is 33.4 Å². The summed E-state index contributed by atoms with van der Waals surface area (Å²) in [4.78, 5) is 25.2. The van der Waals surface area contributed by atoms with Gasteiger partial charge >= 0.3 is 0 Å². The molecule has 2 amide bonds. The topological polar surface area (TPSA) is 70.2 Å². The first kappa shape index (κ1) is 27.9. The van der Waals surface area contributed by atoms with Gasteiger partial charge in [-0.15, -0.1) is 0 Å². The highest BCUT2D eigenvalue weighted by Gasteiger charge is 2.20. The van der Waals surface area contributed by atoms with Gasteiger partial charge in [-0.25, -0.2) is 0 Å². The molecule has 0 unspecified atom stereocenters. The van der Waals surface area contributed by atoms with E-state index in [4.69, 9.17) is 0 Å². The largest absolute Gasteiger partial charge is 0.354 e. The summed E-state index contributed by atoms with van der Waals surface area (Å²) in [5, 5.41) is 9.38. The highest BCUT2D eigenvalue weighted by atomic mass is 127. The lowest BCUT2D eigenvalue weighted by Gasteiger charge is -2.19. The van der Waals surface area contributed by atoms with Crippen LogP contribution in [0.4, 0.5) is 0 Å². The van der Waals surface area contributed by atoms with Crippen molar-refractivity contribution in [3.8, 4) is 0 Å². The number of amides is 2. The maximum absolute atomic E-state index is 12.7. The molecular formula is C25H42IN3O2. The summed E-state index contributed by atoms with van der Waals surface area (Å²) in [6, 6.07) is 8.35. The average Bonchev–Trinajstić information content (AvgIpc) is 2.71. The lowest BCUT2D eigenvalue weighted by Crippen LogP contribution is -2.47. The van der Waals surface area contributed by atoms with Crippen LogP contribution in [0.3, 0.4) is 0 Å². The van der Waals surface area contributed by atoms with Gasteiger partial charge in [-0.05, 0) is 84.9 Å². The molecule has 0 bridgehead atoms. The summed E-state index contributed by atoms with van der Waals surface area (Å²) >= 11 is 2.29. The number of halogens is 1. The molecule has 0 saturated carbocycles. The molecule has 0 aliphatic carbocycles. The smallest absolute Gasteiger partial charge is 0.242 e. The molecule has 0 heterocycles. The maximum atomic E-state index is 12.7. The van der Waals surface area contributed by atoms with Crippen molar-refractivity contribution >= 4 is 34.4 Å². The minimum atomic E-state index is -0.454. The van der Waals surface area contributed by atoms with E-state index in [2.05, 4.69) is 90.5 Å². The zero-order chi connectivity index (χ0) is 23.1. The minimum Gasteiger partial charge on any atom is -0.354 e. The summed E-state index contributed by atoms with van der Waals surface area (Å²) < 4.78 is 1.21. The monoisotopic (exact) mass is 543 g/mol. The van der Waals surface area contributed by atoms with Crippen molar-refractivity contribution in [3.63, 3.8) is 0 Å². The lowest BCUT2D eigenvalue weighted by molar-refractivity contribution is -0.129. The molecule has 1 atom stereocenters. The van der Waals surface area contributed by atoms with E-state index in [1.54, 1.807) is 0 Å². The predicted molar refractivity (Wildman–Crippen MR) is 138 cm³/mol. The summed E-state index contributed by atoms with van der Waals surface area (Å²) in [6.07, 6.45) is 6.88. The van der Waals surface area contributed by atoms with Crippen LogP contribution in [-0.2, 0) is 16.0 Å². The zero-order valence-corrected chi connectivity index (χ0v) is 22.0. The fourth-order valence-corrected chi connectivity index (χ4v) is 3.71. The molecule has 0 aromatic heterocycles. The third-order valence-corrected chi connectivity index (χ3v) is 5.88. The van der Waals surface area contributed by atoms with Crippen LogP contribution < -0.4 is 16.0 Å². The van der Waals surface area contributed by atoms with Gasteiger partial charge in [0.15, 0.2) is 0 Å². The Morgan fingerprint density at radius 2 is 1.61 bits per heavy atom. The van der Waals surface area contributed by atoms with E-state index in [0.29, 0.717) is 31.3 Å². The van der Waals surface area contributed by atoms with Gasteiger partial charge in [0, 0.05) is 22.6 Å². The van der Waals surface area contributed by atoms with Gasteiger partial charge in [-0.3, -0.25) is 9.59 Å². The van der Waals surface area contributed by atoms with E-state index in [9.17, 15) is 9.59 Å². The van der Waals surface area contributed by atoms with Gasteiger partial charge in [-0.2, -0.15) is 0 Å². The van der Waals surface area contributed by atoms with Crippen LogP contribution in [0, 0.1) is 9.49 Å². The van der Waals surface area contributed by atoms with Crippen molar-refractivity contribution in [2.75, 3.05) is 13.1 Å². The fraction of sp³-hybridized carbons (Fsp3) is 0.680. The first-order chi connectivity index (χ1) is 14.8.